The molecule has 0 aliphatic heterocycles. The lowest BCUT2D eigenvalue weighted by Gasteiger charge is -2.35. The smallest absolute Gasteiger partial charge is 0.304 e. The summed E-state index contributed by atoms with van der Waals surface area (Å²) < 4.78 is 20.9. The first kappa shape index (κ1) is 13.3. The molecular formula is C11H15O4Si. The summed E-state index contributed by atoms with van der Waals surface area (Å²) in [4.78, 5) is 0. The Labute approximate surface area is 99.0 Å². The van der Waals surface area contributed by atoms with Gasteiger partial charge in [-0.25, -0.2) is 0 Å². The minimum absolute atomic E-state index is 0.499. The van der Waals surface area contributed by atoms with Crippen molar-refractivity contribution in [3.05, 3.63) is 35.9 Å². The molecule has 1 unspecified atom stereocenters. The highest BCUT2D eigenvalue weighted by molar-refractivity contribution is 5.98. The standard InChI is InChI=1S/C11H15O4Si/c1-12-10(9-7-5-4-6-8-9)11(13-2,14-3)15-16/h4-8,10H,1-3H3. The Hall–Kier alpha value is -0.723. The lowest BCUT2D eigenvalue weighted by molar-refractivity contribution is -0.368. The molecule has 0 aliphatic rings. The predicted octanol–water partition coefficient (Wildman–Crippen LogP) is 1.42. The molecule has 0 fully saturated rings. The molecule has 0 aliphatic carbocycles. The van der Waals surface area contributed by atoms with Crippen LogP contribution in [-0.4, -0.2) is 37.8 Å². The lowest BCUT2D eigenvalue weighted by Crippen LogP contribution is -2.43. The predicted molar refractivity (Wildman–Crippen MR) is 59.8 cm³/mol. The molecule has 16 heavy (non-hydrogen) atoms. The summed E-state index contributed by atoms with van der Waals surface area (Å²) in [5.41, 5.74) is 0.895. The van der Waals surface area contributed by atoms with Gasteiger partial charge < -0.3 is 18.6 Å². The van der Waals surface area contributed by atoms with Crippen LogP contribution in [0.15, 0.2) is 30.3 Å². The number of methoxy groups -OCH3 is 3. The van der Waals surface area contributed by atoms with Crippen molar-refractivity contribution in [2.75, 3.05) is 21.3 Å². The first-order valence-electron chi connectivity index (χ1n) is 4.76. The van der Waals surface area contributed by atoms with Crippen LogP contribution >= 0.6 is 0 Å². The Balaban J connectivity index is 3.05. The van der Waals surface area contributed by atoms with Crippen LogP contribution in [0.1, 0.15) is 11.7 Å². The van der Waals surface area contributed by atoms with Gasteiger partial charge in [0.05, 0.1) is 0 Å². The second-order valence-electron chi connectivity index (χ2n) is 3.14. The van der Waals surface area contributed by atoms with E-state index in [0.29, 0.717) is 0 Å². The van der Waals surface area contributed by atoms with E-state index in [1.165, 1.54) is 14.2 Å². The van der Waals surface area contributed by atoms with E-state index in [2.05, 4.69) is 10.5 Å². The van der Waals surface area contributed by atoms with Crippen molar-refractivity contribution in [2.24, 2.45) is 0 Å². The highest BCUT2D eigenvalue weighted by atomic mass is 28.2. The van der Waals surface area contributed by atoms with E-state index in [9.17, 15) is 0 Å². The second kappa shape index (κ2) is 6.12. The van der Waals surface area contributed by atoms with Crippen LogP contribution in [0.5, 0.6) is 0 Å². The third-order valence-corrected chi connectivity index (χ3v) is 2.65. The Morgan fingerprint density at radius 2 is 1.62 bits per heavy atom. The van der Waals surface area contributed by atoms with E-state index in [0.717, 1.165) is 5.56 Å². The number of rotatable bonds is 6. The van der Waals surface area contributed by atoms with E-state index < -0.39 is 12.1 Å². The van der Waals surface area contributed by atoms with Crippen molar-refractivity contribution < 1.29 is 18.6 Å². The van der Waals surface area contributed by atoms with Crippen LogP contribution in [0.3, 0.4) is 0 Å². The molecule has 87 valence electrons. The molecular weight excluding hydrogens is 224 g/mol. The second-order valence-corrected chi connectivity index (χ2v) is 3.34. The average molecular weight is 239 g/mol. The fourth-order valence-electron chi connectivity index (χ4n) is 1.55. The maximum absolute atomic E-state index is 5.37. The molecule has 0 bridgehead atoms. The summed E-state index contributed by atoms with van der Waals surface area (Å²) >= 11 is 0. The zero-order valence-corrected chi connectivity index (χ0v) is 10.6. The fourth-order valence-corrected chi connectivity index (χ4v) is 1.82. The Bertz CT molecular complexity index is 292. The number of hydrogen-bond donors (Lipinski definition) is 0. The van der Waals surface area contributed by atoms with Crippen LogP contribution in [0.2, 0.25) is 0 Å². The van der Waals surface area contributed by atoms with Gasteiger partial charge in [0.25, 0.3) is 10.5 Å². The van der Waals surface area contributed by atoms with Crippen LogP contribution < -0.4 is 0 Å². The van der Waals surface area contributed by atoms with Gasteiger partial charge in [-0.3, -0.25) is 0 Å². The molecule has 1 rings (SSSR count). The van der Waals surface area contributed by atoms with E-state index in [1.807, 2.05) is 30.3 Å². The molecule has 0 amide bonds. The zero-order chi connectivity index (χ0) is 12.0. The highest BCUT2D eigenvalue weighted by Gasteiger charge is 2.41. The first-order valence-corrected chi connectivity index (χ1v) is 5.17. The van der Waals surface area contributed by atoms with Crippen molar-refractivity contribution >= 4 is 10.5 Å². The van der Waals surface area contributed by atoms with Crippen molar-refractivity contribution in [3.8, 4) is 0 Å². The Morgan fingerprint density at radius 1 is 1.06 bits per heavy atom. The fraction of sp³-hybridized carbons (Fsp3) is 0.455. The number of benzene rings is 1. The van der Waals surface area contributed by atoms with Crippen molar-refractivity contribution in [1.29, 1.82) is 0 Å². The molecule has 5 heteroatoms. The molecule has 0 saturated carbocycles. The van der Waals surface area contributed by atoms with Gasteiger partial charge in [0.2, 0.25) is 0 Å². The number of hydrogen-bond acceptors (Lipinski definition) is 4. The van der Waals surface area contributed by atoms with E-state index >= 15 is 0 Å². The van der Waals surface area contributed by atoms with Gasteiger partial charge >= 0.3 is 5.97 Å². The minimum atomic E-state index is -1.31. The van der Waals surface area contributed by atoms with Crippen molar-refractivity contribution in [3.63, 3.8) is 0 Å². The molecule has 3 radical (unpaired) electrons. The van der Waals surface area contributed by atoms with Gasteiger partial charge in [0, 0.05) is 21.3 Å². The summed E-state index contributed by atoms with van der Waals surface area (Å²) in [6.07, 6.45) is -0.499. The Morgan fingerprint density at radius 3 is 2.00 bits per heavy atom. The maximum Gasteiger partial charge on any atom is 0.304 e. The van der Waals surface area contributed by atoms with E-state index in [1.54, 1.807) is 7.11 Å². The minimum Gasteiger partial charge on any atom is -0.368 e. The van der Waals surface area contributed by atoms with Crippen LogP contribution in [0, 0.1) is 0 Å². The SMILES string of the molecule is COC(c1ccccc1)C(OC)(OC)O[Si]. The summed E-state index contributed by atoms with van der Waals surface area (Å²) in [6.45, 7) is 0. The third-order valence-electron chi connectivity index (χ3n) is 2.37. The summed E-state index contributed by atoms with van der Waals surface area (Å²) in [5.74, 6) is -1.31. The van der Waals surface area contributed by atoms with Crippen molar-refractivity contribution in [1.82, 2.24) is 0 Å². The van der Waals surface area contributed by atoms with E-state index in [4.69, 9.17) is 18.6 Å². The molecule has 0 saturated heterocycles. The summed E-state index contributed by atoms with van der Waals surface area (Å²) in [5, 5.41) is 0. The lowest BCUT2D eigenvalue weighted by atomic mass is 10.1. The number of ether oxygens (including phenoxy) is 3. The highest BCUT2D eigenvalue weighted by Crippen LogP contribution is 2.32. The topological polar surface area (TPSA) is 36.9 Å². The van der Waals surface area contributed by atoms with Crippen LogP contribution in [0.25, 0.3) is 0 Å². The third kappa shape index (κ3) is 2.50. The molecule has 0 heterocycles. The zero-order valence-electron chi connectivity index (χ0n) is 9.60. The molecule has 0 aromatic heterocycles. The largest absolute Gasteiger partial charge is 0.368 e. The maximum atomic E-state index is 5.37. The monoisotopic (exact) mass is 239 g/mol. The summed E-state index contributed by atoms with van der Waals surface area (Å²) in [6, 6.07) is 9.56. The van der Waals surface area contributed by atoms with Gasteiger partial charge in [0.1, 0.15) is 0 Å². The normalized spacial score (nSPS) is 13.8. The van der Waals surface area contributed by atoms with Gasteiger partial charge in [-0.15, -0.1) is 0 Å². The first-order chi connectivity index (χ1) is 7.74. The molecule has 4 nitrogen and oxygen atoms in total. The van der Waals surface area contributed by atoms with Gasteiger partial charge in [-0.2, -0.15) is 0 Å². The molecule has 0 spiro atoms. The van der Waals surface area contributed by atoms with Gasteiger partial charge in [0.15, 0.2) is 6.10 Å². The molecule has 1 atom stereocenters. The Kier molecular flexibility index (Phi) is 5.10. The molecule has 1 aromatic carbocycles. The molecule has 1 aromatic rings. The van der Waals surface area contributed by atoms with E-state index in [-0.39, 0.29) is 0 Å². The quantitative estimate of drug-likeness (QED) is 0.556. The molecule has 0 N–H and O–H groups in total. The van der Waals surface area contributed by atoms with Crippen LogP contribution in [0.4, 0.5) is 0 Å². The van der Waals surface area contributed by atoms with Crippen molar-refractivity contribution in [2.45, 2.75) is 12.1 Å². The van der Waals surface area contributed by atoms with Gasteiger partial charge in [-0.05, 0) is 5.56 Å². The van der Waals surface area contributed by atoms with Gasteiger partial charge in [-0.1, -0.05) is 30.3 Å². The summed E-state index contributed by atoms with van der Waals surface area (Å²) in [7, 11) is 7.49. The van der Waals surface area contributed by atoms with Crippen LogP contribution in [-0.2, 0) is 18.6 Å². The average Bonchev–Trinajstić information content (AvgIpc) is 2.37.